The molecule has 0 spiro atoms. The maximum absolute atomic E-state index is 11.9. The van der Waals surface area contributed by atoms with Crippen LogP contribution in [-0.4, -0.2) is 57.8 Å². The summed E-state index contributed by atoms with van der Waals surface area (Å²) in [4.78, 5) is 2.29. The van der Waals surface area contributed by atoms with E-state index in [1.54, 1.807) is 0 Å². The molecule has 1 fully saturated rings. The fourth-order valence-corrected chi connectivity index (χ4v) is 3.92. The zero-order chi connectivity index (χ0) is 15.7. The smallest absolute Gasteiger partial charge is 0.211 e. The summed E-state index contributed by atoms with van der Waals surface area (Å²) in [6.07, 6.45) is 6.75. The van der Waals surface area contributed by atoms with Crippen LogP contribution in [0, 0.1) is 0 Å². The average molecular weight is 320 g/mol. The molecule has 0 amide bonds. The van der Waals surface area contributed by atoms with E-state index in [0.29, 0.717) is 25.0 Å². The van der Waals surface area contributed by atoms with E-state index in [4.69, 9.17) is 0 Å². The fourth-order valence-electron chi connectivity index (χ4n) is 2.79. The molecule has 0 saturated heterocycles. The highest BCUT2D eigenvalue weighted by Gasteiger charge is 2.19. The van der Waals surface area contributed by atoms with E-state index < -0.39 is 10.0 Å². The molecule has 6 heteroatoms. The Morgan fingerprint density at radius 2 is 1.81 bits per heavy atom. The minimum Gasteiger partial charge on any atom is -0.315 e. The van der Waals surface area contributed by atoms with E-state index in [1.807, 2.05) is 0 Å². The van der Waals surface area contributed by atoms with Crippen LogP contribution in [0.25, 0.3) is 0 Å². The van der Waals surface area contributed by atoms with Gasteiger partial charge in [0.15, 0.2) is 0 Å². The molecule has 2 N–H and O–H groups in total. The van der Waals surface area contributed by atoms with Gasteiger partial charge < -0.3 is 10.2 Å². The third-order valence-corrected chi connectivity index (χ3v) is 5.60. The molecule has 1 saturated carbocycles. The van der Waals surface area contributed by atoms with E-state index >= 15 is 0 Å². The third-order valence-electron chi connectivity index (χ3n) is 4.13. The van der Waals surface area contributed by atoms with Crippen molar-refractivity contribution in [2.45, 2.75) is 64.5 Å². The molecule has 0 bridgehead atoms. The molecule has 5 nitrogen and oxygen atoms in total. The van der Waals surface area contributed by atoms with Crippen molar-refractivity contribution in [3.8, 4) is 0 Å². The number of nitrogens with one attached hydrogen (secondary N) is 2. The number of sulfonamides is 1. The molecule has 0 heterocycles. The summed E-state index contributed by atoms with van der Waals surface area (Å²) in [5.74, 6) is 0.236. The van der Waals surface area contributed by atoms with Crippen LogP contribution in [0.2, 0.25) is 0 Å². The summed E-state index contributed by atoms with van der Waals surface area (Å²) in [6.45, 7) is 6.41. The SMILES string of the molecule is CC(C)NCCCCS(=O)(=O)NCCN(C)C1CCCC1. The maximum Gasteiger partial charge on any atom is 0.211 e. The number of likely N-dealkylation sites (N-methyl/N-ethyl adjacent to an activating group) is 1. The van der Waals surface area contributed by atoms with Gasteiger partial charge in [-0.05, 0) is 39.3 Å². The van der Waals surface area contributed by atoms with Gasteiger partial charge in [-0.1, -0.05) is 26.7 Å². The lowest BCUT2D eigenvalue weighted by atomic mass is 10.2. The number of nitrogens with zero attached hydrogens (tertiary/aromatic N) is 1. The van der Waals surface area contributed by atoms with Crippen molar-refractivity contribution in [1.82, 2.24) is 14.9 Å². The second-order valence-corrected chi connectivity index (χ2v) is 8.37. The van der Waals surface area contributed by atoms with E-state index in [2.05, 4.69) is 35.8 Å². The molecule has 0 aliphatic heterocycles. The largest absolute Gasteiger partial charge is 0.315 e. The summed E-state index contributed by atoms with van der Waals surface area (Å²) in [5, 5.41) is 3.30. The van der Waals surface area contributed by atoms with Crippen LogP contribution in [0.4, 0.5) is 0 Å². The van der Waals surface area contributed by atoms with Crippen molar-refractivity contribution in [2.75, 3.05) is 32.4 Å². The Morgan fingerprint density at radius 3 is 2.43 bits per heavy atom. The van der Waals surface area contributed by atoms with Gasteiger partial charge in [0, 0.05) is 25.2 Å². The molecule has 0 aromatic heterocycles. The zero-order valence-corrected chi connectivity index (χ0v) is 14.7. The molecule has 1 rings (SSSR count). The minimum atomic E-state index is -3.11. The Morgan fingerprint density at radius 1 is 1.14 bits per heavy atom. The summed E-state index contributed by atoms with van der Waals surface area (Å²) in [6, 6.07) is 1.11. The Kier molecular flexibility index (Phi) is 8.78. The van der Waals surface area contributed by atoms with Crippen LogP contribution in [0.15, 0.2) is 0 Å². The summed E-state index contributed by atoms with van der Waals surface area (Å²) >= 11 is 0. The van der Waals surface area contributed by atoms with Crippen LogP contribution in [0.5, 0.6) is 0 Å². The van der Waals surface area contributed by atoms with Crippen molar-refractivity contribution in [1.29, 1.82) is 0 Å². The molecule has 1 aliphatic rings. The predicted octanol–water partition coefficient (Wildman–Crippen LogP) is 1.56. The predicted molar refractivity (Wildman–Crippen MR) is 89.0 cm³/mol. The monoisotopic (exact) mass is 319 g/mol. The molecule has 0 aromatic carbocycles. The highest BCUT2D eigenvalue weighted by molar-refractivity contribution is 7.89. The molecule has 0 radical (unpaired) electrons. The average Bonchev–Trinajstić information content (AvgIpc) is 2.91. The summed E-state index contributed by atoms with van der Waals surface area (Å²) in [7, 11) is -1.01. The van der Waals surface area contributed by atoms with Crippen LogP contribution in [0.3, 0.4) is 0 Å². The molecule has 126 valence electrons. The number of unbranched alkanes of at least 4 members (excludes halogenated alkanes) is 1. The molecule has 21 heavy (non-hydrogen) atoms. The maximum atomic E-state index is 11.9. The normalized spacial score (nSPS) is 17.2. The topological polar surface area (TPSA) is 61.4 Å². The lowest BCUT2D eigenvalue weighted by molar-refractivity contribution is 0.250. The Labute approximate surface area is 130 Å². The number of hydrogen-bond donors (Lipinski definition) is 2. The Balaban J connectivity index is 2.08. The van der Waals surface area contributed by atoms with Crippen molar-refractivity contribution in [3.63, 3.8) is 0 Å². The number of hydrogen-bond acceptors (Lipinski definition) is 4. The van der Waals surface area contributed by atoms with Gasteiger partial charge in [-0.3, -0.25) is 0 Å². The fraction of sp³-hybridized carbons (Fsp3) is 1.00. The first-order valence-corrected chi connectivity index (χ1v) is 9.97. The quantitative estimate of drug-likeness (QED) is 0.567. The van der Waals surface area contributed by atoms with Gasteiger partial charge in [0.25, 0.3) is 0 Å². The number of rotatable bonds is 11. The van der Waals surface area contributed by atoms with Gasteiger partial charge in [-0.25, -0.2) is 13.1 Å². The zero-order valence-electron chi connectivity index (χ0n) is 13.9. The van der Waals surface area contributed by atoms with Crippen molar-refractivity contribution in [2.24, 2.45) is 0 Å². The molecular weight excluding hydrogens is 286 g/mol. The van der Waals surface area contributed by atoms with Gasteiger partial charge in [0.1, 0.15) is 0 Å². The van der Waals surface area contributed by atoms with Gasteiger partial charge in [-0.2, -0.15) is 0 Å². The molecule has 1 aliphatic carbocycles. The van der Waals surface area contributed by atoms with Gasteiger partial charge in [0.05, 0.1) is 5.75 Å². The van der Waals surface area contributed by atoms with Gasteiger partial charge in [-0.15, -0.1) is 0 Å². The molecule has 0 atom stereocenters. The molecule has 0 unspecified atom stereocenters. The Hall–Kier alpha value is -0.170. The van der Waals surface area contributed by atoms with Crippen LogP contribution in [0.1, 0.15) is 52.4 Å². The van der Waals surface area contributed by atoms with Crippen molar-refractivity contribution >= 4 is 10.0 Å². The lowest BCUT2D eigenvalue weighted by Crippen LogP contribution is -2.38. The van der Waals surface area contributed by atoms with Crippen molar-refractivity contribution in [3.05, 3.63) is 0 Å². The Bertz CT molecular complexity index is 365. The van der Waals surface area contributed by atoms with Gasteiger partial charge in [0.2, 0.25) is 10.0 Å². The molecule has 0 aromatic rings. The second kappa shape index (κ2) is 9.77. The lowest BCUT2D eigenvalue weighted by Gasteiger charge is -2.23. The van der Waals surface area contributed by atoms with Gasteiger partial charge >= 0.3 is 0 Å². The second-order valence-electron chi connectivity index (χ2n) is 6.45. The summed E-state index contributed by atoms with van der Waals surface area (Å²) in [5.41, 5.74) is 0. The van der Waals surface area contributed by atoms with E-state index in [-0.39, 0.29) is 5.75 Å². The van der Waals surface area contributed by atoms with E-state index in [9.17, 15) is 8.42 Å². The third kappa shape index (κ3) is 8.76. The van der Waals surface area contributed by atoms with Crippen molar-refractivity contribution < 1.29 is 8.42 Å². The summed E-state index contributed by atoms with van der Waals surface area (Å²) < 4.78 is 26.5. The van der Waals surface area contributed by atoms with Crippen LogP contribution >= 0.6 is 0 Å². The van der Waals surface area contributed by atoms with Crippen LogP contribution in [-0.2, 0) is 10.0 Å². The minimum absolute atomic E-state index is 0.236. The standard InChI is InChI=1S/C15H33N3O2S/c1-14(2)16-10-6-7-13-21(19,20)17-11-12-18(3)15-8-4-5-9-15/h14-17H,4-13H2,1-3H3. The first-order chi connectivity index (χ1) is 9.91. The van der Waals surface area contributed by atoms with E-state index in [1.165, 1.54) is 25.7 Å². The van der Waals surface area contributed by atoms with Crippen LogP contribution < -0.4 is 10.0 Å². The molecular formula is C15H33N3O2S. The van der Waals surface area contributed by atoms with E-state index in [0.717, 1.165) is 19.5 Å². The first kappa shape index (κ1) is 18.9. The highest BCUT2D eigenvalue weighted by Crippen LogP contribution is 2.21. The first-order valence-electron chi connectivity index (χ1n) is 8.31. The highest BCUT2D eigenvalue weighted by atomic mass is 32.2.